The smallest absolute Gasteiger partial charge is 0.257 e. The number of sulfonamides is 1. The third-order valence-corrected chi connectivity index (χ3v) is 6.38. The molecule has 0 aromatic heterocycles. The lowest BCUT2D eigenvalue weighted by molar-refractivity contribution is 0.102. The lowest BCUT2D eigenvalue weighted by Crippen LogP contribution is -2.37. The monoisotopic (exact) mass is 430 g/mol. The number of carbonyl (C=O) groups excluding carboxylic acids is 1. The third-order valence-electron chi connectivity index (χ3n) is 5.47. The first kappa shape index (κ1) is 20.6. The van der Waals surface area contributed by atoms with Gasteiger partial charge in [-0.25, -0.2) is 13.6 Å². The van der Waals surface area contributed by atoms with Crippen molar-refractivity contribution >= 4 is 33.0 Å². The van der Waals surface area contributed by atoms with Gasteiger partial charge in [-0.15, -0.1) is 0 Å². The van der Waals surface area contributed by atoms with Crippen molar-refractivity contribution < 1.29 is 17.9 Å². The fourth-order valence-corrected chi connectivity index (χ4v) is 4.45. The van der Waals surface area contributed by atoms with Crippen LogP contribution in [-0.4, -0.2) is 53.7 Å². The zero-order valence-corrected chi connectivity index (χ0v) is 17.5. The fraction of sp³-hybridized carbons (Fsp3) is 0.381. The second kappa shape index (κ2) is 8.63. The summed E-state index contributed by atoms with van der Waals surface area (Å²) in [6.07, 6.45) is 2.33. The Balaban J connectivity index is 1.64. The maximum Gasteiger partial charge on any atom is 0.257 e. The van der Waals surface area contributed by atoms with Gasteiger partial charge in [-0.05, 0) is 49.2 Å². The number of hydrogen-bond donors (Lipinski definition) is 2. The molecule has 2 heterocycles. The summed E-state index contributed by atoms with van der Waals surface area (Å²) in [4.78, 5) is 17.4. The molecule has 9 heteroatoms. The van der Waals surface area contributed by atoms with Crippen LogP contribution in [0.3, 0.4) is 0 Å². The van der Waals surface area contributed by atoms with Crippen molar-refractivity contribution in [1.82, 2.24) is 0 Å². The van der Waals surface area contributed by atoms with Gasteiger partial charge in [-0.1, -0.05) is 6.07 Å². The Morgan fingerprint density at radius 1 is 0.967 bits per heavy atom. The van der Waals surface area contributed by atoms with Gasteiger partial charge >= 0.3 is 0 Å². The highest BCUT2D eigenvalue weighted by molar-refractivity contribution is 7.89. The Morgan fingerprint density at radius 2 is 1.70 bits per heavy atom. The van der Waals surface area contributed by atoms with Crippen molar-refractivity contribution in [3.8, 4) is 0 Å². The molecule has 2 aliphatic heterocycles. The molecule has 0 atom stereocenters. The number of nitrogens with zero attached hydrogens (tertiary/aromatic N) is 2. The van der Waals surface area contributed by atoms with Crippen molar-refractivity contribution in [2.75, 3.05) is 54.5 Å². The molecular formula is C21H26N4O4S. The number of anilines is 3. The minimum Gasteiger partial charge on any atom is -0.378 e. The van der Waals surface area contributed by atoms with E-state index in [0.29, 0.717) is 37.7 Å². The summed E-state index contributed by atoms with van der Waals surface area (Å²) in [5, 5.41) is 8.22. The fourth-order valence-electron chi connectivity index (χ4n) is 3.91. The number of benzene rings is 2. The largest absolute Gasteiger partial charge is 0.378 e. The Labute approximate surface area is 176 Å². The van der Waals surface area contributed by atoms with Crippen LogP contribution in [-0.2, 0) is 14.8 Å². The number of amides is 1. The first-order valence-corrected chi connectivity index (χ1v) is 11.6. The van der Waals surface area contributed by atoms with Gasteiger partial charge in [0.05, 0.1) is 23.7 Å². The normalized spacial score (nSPS) is 17.2. The van der Waals surface area contributed by atoms with E-state index in [1.165, 1.54) is 25.0 Å². The summed E-state index contributed by atoms with van der Waals surface area (Å²) < 4.78 is 29.1. The minimum absolute atomic E-state index is 0.0875. The van der Waals surface area contributed by atoms with Gasteiger partial charge in [0.25, 0.3) is 5.91 Å². The molecule has 2 saturated heterocycles. The highest BCUT2D eigenvalue weighted by atomic mass is 32.2. The quantitative estimate of drug-likeness (QED) is 0.752. The maximum atomic E-state index is 13.2. The lowest BCUT2D eigenvalue weighted by atomic mass is 10.1. The van der Waals surface area contributed by atoms with Gasteiger partial charge in [0, 0.05) is 43.2 Å². The number of carbonyl (C=O) groups is 1. The molecule has 30 heavy (non-hydrogen) atoms. The first-order valence-electron chi connectivity index (χ1n) is 10.1. The summed E-state index contributed by atoms with van der Waals surface area (Å²) in [7, 11) is -3.93. The molecule has 8 nitrogen and oxygen atoms in total. The van der Waals surface area contributed by atoms with Gasteiger partial charge in [0.2, 0.25) is 10.0 Å². The van der Waals surface area contributed by atoms with Crippen LogP contribution in [0, 0.1) is 0 Å². The number of nitrogens with two attached hydrogens (primary N) is 1. The average molecular weight is 431 g/mol. The van der Waals surface area contributed by atoms with Crippen LogP contribution in [0.15, 0.2) is 47.4 Å². The van der Waals surface area contributed by atoms with E-state index in [1.807, 2.05) is 29.2 Å². The van der Waals surface area contributed by atoms with Crippen LogP contribution < -0.4 is 20.3 Å². The van der Waals surface area contributed by atoms with Crippen LogP contribution in [0.25, 0.3) is 0 Å². The third kappa shape index (κ3) is 4.58. The van der Waals surface area contributed by atoms with Gasteiger partial charge in [0.15, 0.2) is 0 Å². The van der Waals surface area contributed by atoms with Crippen LogP contribution in [0.4, 0.5) is 17.1 Å². The second-order valence-corrected chi connectivity index (χ2v) is 9.08. The molecular weight excluding hydrogens is 404 g/mol. The molecule has 0 radical (unpaired) electrons. The summed E-state index contributed by atoms with van der Waals surface area (Å²) in [5.74, 6) is -0.374. The summed E-state index contributed by atoms with van der Waals surface area (Å²) in [5.41, 5.74) is 2.67. The maximum absolute atomic E-state index is 13.2. The molecule has 0 spiro atoms. The second-order valence-electron chi connectivity index (χ2n) is 7.52. The molecule has 160 valence electrons. The SMILES string of the molecule is NS(=O)(=O)c1ccc(N2CCOCC2)c(C(=O)Nc2cccc(N3CCCC3)c2)c1. The summed E-state index contributed by atoms with van der Waals surface area (Å²) in [6.45, 7) is 4.37. The Kier molecular flexibility index (Phi) is 5.94. The van der Waals surface area contributed by atoms with Gasteiger partial charge in [-0.3, -0.25) is 4.79 Å². The molecule has 2 aliphatic rings. The van der Waals surface area contributed by atoms with Gasteiger partial charge in [-0.2, -0.15) is 0 Å². The van der Waals surface area contributed by atoms with Crippen molar-refractivity contribution in [1.29, 1.82) is 0 Å². The summed E-state index contributed by atoms with van der Waals surface area (Å²) in [6, 6.07) is 12.1. The first-order chi connectivity index (χ1) is 14.4. The van der Waals surface area contributed by atoms with E-state index < -0.39 is 10.0 Å². The van der Waals surface area contributed by atoms with Crippen LogP contribution in [0.2, 0.25) is 0 Å². The molecule has 4 rings (SSSR count). The molecule has 0 aliphatic carbocycles. The Morgan fingerprint density at radius 3 is 2.40 bits per heavy atom. The number of rotatable bonds is 5. The van der Waals surface area contributed by atoms with Crippen molar-refractivity contribution in [3.63, 3.8) is 0 Å². The number of morpholine rings is 1. The van der Waals surface area contributed by atoms with Crippen molar-refractivity contribution in [2.24, 2.45) is 5.14 Å². The lowest BCUT2D eigenvalue weighted by Gasteiger charge is -2.30. The van der Waals surface area contributed by atoms with E-state index in [4.69, 9.17) is 9.88 Å². The molecule has 2 fully saturated rings. The highest BCUT2D eigenvalue weighted by Crippen LogP contribution is 2.27. The Bertz CT molecular complexity index is 1030. The predicted molar refractivity (Wildman–Crippen MR) is 117 cm³/mol. The summed E-state index contributed by atoms with van der Waals surface area (Å²) >= 11 is 0. The molecule has 2 aromatic carbocycles. The van der Waals surface area contributed by atoms with Crippen LogP contribution >= 0.6 is 0 Å². The topological polar surface area (TPSA) is 105 Å². The average Bonchev–Trinajstić information content (AvgIpc) is 3.28. The molecule has 2 aromatic rings. The molecule has 3 N–H and O–H groups in total. The predicted octanol–water partition coefficient (Wildman–Crippen LogP) is 2.02. The zero-order valence-electron chi connectivity index (χ0n) is 16.7. The standard InChI is InChI=1S/C21H26N4O4S/c22-30(27,28)18-6-7-20(25-10-12-29-13-11-25)19(15-18)21(26)23-16-4-3-5-17(14-16)24-8-1-2-9-24/h3-7,14-15H,1-2,8-13H2,(H,23,26)(H2,22,27,28). The van der Waals surface area contributed by atoms with Crippen molar-refractivity contribution in [2.45, 2.75) is 17.7 Å². The molecule has 0 unspecified atom stereocenters. The zero-order chi connectivity index (χ0) is 21.1. The number of primary sulfonamides is 1. The molecule has 0 saturated carbocycles. The number of nitrogens with one attached hydrogen (secondary N) is 1. The highest BCUT2D eigenvalue weighted by Gasteiger charge is 2.22. The van der Waals surface area contributed by atoms with E-state index in [1.54, 1.807) is 6.07 Å². The van der Waals surface area contributed by atoms with E-state index in [9.17, 15) is 13.2 Å². The van der Waals surface area contributed by atoms with E-state index in [-0.39, 0.29) is 16.4 Å². The van der Waals surface area contributed by atoms with Gasteiger partial charge < -0.3 is 19.9 Å². The molecule has 1 amide bonds. The van der Waals surface area contributed by atoms with E-state index >= 15 is 0 Å². The van der Waals surface area contributed by atoms with E-state index in [0.717, 1.165) is 18.8 Å². The van der Waals surface area contributed by atoms with Crippen LogP contribution in [0.1, 0.15) is 23.2 Å². The Hall–Kier alpha value is -2.62. The molecule has 0 bridgehead atoms. The van der Waals surface area contributed by atoms with Gasteiger partial charge in [0.1, 0.15) is 0 Å². The number of ether oxygens (including phenoxy) is 1. The van der Waals surface area contributed by atoms with Crippen molar-refractivity contribution in [3.05, 3.63) is 48.0 Å². The number of hydrogen-bond acceptors (Lipinski definition) is 6. The van der Waals surface area contributed by atoms with Crippen LogP contribution in [0.5, 0.6) is 0 Å². The minimum atomic E-state index is -3.93. The van der Waals surface area contributed by atoms with E-state index in [2.05, 4.69) is 10.2 Å².